The number of hydrogen-bond donors (Lipinski definition) is 8. The molecule has 2 unspecified atom stereocenters. The second-order valence-electron chi connectivity index (χ2n) is 8.35. The van der Waals surface area contributed by atoms with Gasteiger partial charge in [0.05, 0.1) is 12.9 Å². The van der Waals surface area contributed by atoms with Gasteiger partial charge >= 0.3 is 23.5 Å². The van der Waals surface area contributed by atoms with Gasteiger partial charge in [-0.1, -0.05) is 30.3 Å². The Bertz CT molecular complexity index is 1490. The lowest BCUT2D eigenvalue weighted by Crippen LogP contribution is -2.33. The number of fused-ring (bicyclic) bond motifs is 1. The fourth-order valence-corrected chi connectivity index (χ4v) is 6.81. The lowest BCUT2D eigenvalue weighted by Gasteiger charge is -2.19. The van der Waals surface area contributed by atoms with Crippen molar-refractivity contribution >= 4 is 46.4 Å². The van der Waals surface area contributed by atoms with E-state index in [1.165, 1.54) is 10.9 Å². The van der Waals surface area contributed by atoms with E-state index in [0.717, 1.165) is 5.56 Å². The molecule has 9 N–H and O–H groups in total. The Morgan fingerprint density at radius 3 is 2.38 bits per heavy atom. The van der Waals surface area contributed by atoms with Gasteiger partial charge in [-0.05, 0) is 12.0 Å². The number of hydrogen-bond acceptors (Lipinski definition) is 14. The molecule has 4 rings (SSSR count). The van der Waals surface area contributed by atoms with Crippen LogP contribution in [0, 0.1) is 0 Å². The van der Waals surface area contributed by atoms with E-state index >= 15 is 0 Å². The van der Waals surface area contributed by atoms with Crippen LogP contribution < -0.4 is 11.1 Å². The number of rotatable bonds is 12. The Kier molecular flexibility index (Phi) is 9.09. The summed E-state index contributed by atoms with van der Waals surface area (Å²) < 4.78 is 52.8. The molecule has 1 saturated heterocycles. The summed E-state index contributed by atoms with van der Waals surface area (Å²) in [4.78, 5) is 48.6. The minimum atomic E-state index is -5.74. The second-order valence-corrected chi connectivity index (χ2v) is 12.8. The number of anilines is 2. The van der Waals surface area contributed by atoms with Gasteiger partial charge in [0.2, 0.25) is 5.95 Å². The standard InChI is InChI=1S/C18H25N6O13P3/c19-18-22-15(20-7-6-10-4-2-1-3-5-10)12-16(23-18)24(9-21-12)17-14(26)13(25)11(35-17)8-34-39(30,31)37-40(32,33)36-38(27,28)29/h1-5,9,11,13-14,17,25-26H,6-8H2,(H,30,31)(H,32,33)(H2,27,28,29)(H3,19,20,22,23)/t11-,13-,14-,17-/m0/s1. The molecule has 3 heterocycles. The van der Waals surface area contributed by atoms with Crippen molar-refractivity contribution in [3.63, 3.8) is 0 Å². The molecule has 19 nitrogen and oxygen atoms in total. The van der Waals surface area contributed by atoms with Gasteiger partial charge in [0.15, 0.2) is 23.2 Å². The highest BCUT2D eigenvalue weighted by atomic mass is 31.3. The summed E-state index contributed by atoms with van der Waals surface area (Å²) in [6.45, 7) is -0.499. The van der Waals surface area contributed by atoms with Crippen LogP contribution in [0.5, 0.6) is 0 Å². The summed E-state index contributed by atoms with van der Waals surface area (Å²) in [7, 11) is -16.8. The number of ether oxygens (including phenoxy) is 1. The highest BCUT2D eigenvalue weighted by molar-refractivity contribution is 7.66. The Hall–Kier alpha value is -2.34. The minimum absolute atomic E-state index is 0.125. The monoisotopic (exact) mass is 626 g/mol. The van der Waals surface area contributed by atoms with Crippen LogP contribution in [0.15, 0.2) is 36.7 Å². The Balaban J connectivity index is 1.45. The van der Waals surface area contributed by atoms with Crippen molar-refractivity contribution in [2.45, 2.75) is 31.0 Å². The van der Waals surface area contributed by atoms with Gasteiger partial charge < -0.3 is 45.6 Å². The summed E-state index contributed by atoms with van der Waals surface area (Å²) >= 11 is 0. The summed E-state index contributed by atoms with van der Waals surface area (Å²) in [5.74, 6) is 0.170. The molecule has 220 valence electrons. The number of nitrogens with two attached hydrogens (primary N) is 1. The molecular formula is C18H25N6O13P3. The van der Waals surface area contributed by atoms with Gasteiger partial charge in [-0.15, -0.1) is 0 Å². The number of aliphatic hydroxyl groups is 2. The first kappa shape index (κ1) is 30.6. The molecule has 1 aliphatic heterocycles. The molecule has 0 aliphatic carbocycles. The van der Waals surface area contributed by atoms with E-state index in [0.29, 0.717) is 18.8 Å². The summed E-state index contributed by atoms with van der Waals surface area (Å²) in [5.41, 5.74) is 7.33. The summed E-state index contributed by atoms with van der Waals surface area (Å²) in [6, 6.07) is 9.65. The molecule has 0 amide bonds. The lowest BCUT2D eigenvalue weighted by atomic mass is 10.1. The molecule has 40 heavy (non-hydrogen) atoms. The van der Waals surface area contributed by atoms with E-state index in [-0.39, 0.29) is 17.1 Å². The van der Waals surface area contributed by atoms with E-state index in [4.69, 9.17) is 20.3 Å². The second kappa shape index (κ2) is 11.9. The zero-order valence-electron chi connectivity index (χ0n) is 20.1. The fraction of sp³-hybridized carbons (Fsp3) is 0.389. The van der Waals surface area contributed by atoms with Crippen LogP contribution in [-0.4, -0.2) is 80.8 Å². The van der Waals surface area contributed by atoms with Crippen molar-refractivity contribution in [3.8, 4) is 0 Å². The third-order valence-electron chi connectivity index (χ3n) is 5.42. The van der Waals surface area contributed by atoms with Gasteiger partial charge in [-0.25, -0.2) is 18.7 Å². The van der Waals surface area contributed by atoms with Crippen molar-refractivity contribution in [1.82, 2.24) is 19.5 Å². The number of benzene rings is 1. The number of imidazole rings is 1. The highest BCUT2D eigenvalue weighted by Gasteiger charge is 2.47. The molecule has 0 saturated carbocycles. The first-order chi connectivity index (χ1) is 18.6. The van der Waals surface area contributed by atoms with Crippen LogP contribution in [0.4, 0.5) is 11.8 Å². The molecule has 1 fully saturated rings. The number of aromatic nitrogens is 4. The minimum Gasteiger partial charge on any atom is -0.387 e. The maximum Gasteiger partial charge on any atom is 0.490 e. The number of phosphoric ester groups is 1. The first-order valence-corrected chi connectivity index (χ1v) is 15.7. The number of aliphatic hydroxyl groups excluding tert-OH is 2. The van der Waals surface area contributed by atoms with E-state index in [9.17, 15) is 33.7 Å². The largest absolute Gasteiger partial charge is 0.490 e. The molecule has 0 bridgehead atoms. The Labute approximate surface area is 225 Å². The molecule has 22 heteroatoms. The molecule has 6 atom stereocenters. The van der Waals surface area contributed by atoms with Crippen LogP contribution >= 0.6 is 23.5 Å². The topological polar surface area (TPSA) is 291 Å². The average Bonchev–Trinajstić information content (AvgIpc) is 3.37. The molecule has 0 radical (unpaired) electrons. The van der Waals surface area contributed by atoms with E-state index in [1.807, 2.05) is 30.3 Å². The van der Waals surface area contributed by atoms with Gasteiger partial charge in [-0.2, -0.15) is 18.6 Å². The van der Waals surface area contributed by atoms with E-state index in [1.54, 1.807) is 0 Å². The molecular weight excluding hydrogens is 601 g/mol. The average molecular weight is 626 g/mol. The predicted molar refractivity (Wildman–Crippen MR) is 134 cm³/mol. The van der Waals surface area contributed by atoms with Crippen molar-refractivity contribution in [2.75, 3.05) is 24.2 Å². The van der Waals surface area contributed by atoms with Crippen LogP contribution in [-0.2, 0) is 38.0 Å². The summed E-state index contributed by atoms with van der Waals surface area (Å²) in [5, 5.41) is 24.1. The molecule has 1 aliphatic rings. The fourth-order valence-electron chi connectivity index (χ4n) is 3.78. The number of phosphoric acid groups is 3. The molecule has 0 spiro atoms. The van der Waals surface area contributed by atoms with Crippen molar-refractivity contribution < 1.29 is 61.4 Å². The first-order valence-electron chi connectivity index (χ1n) is 11.2. The third-order valence-corrected chi connectivity index (χ3v) is 9.22. The predicted octanol–water partition coefficient (Wildman–Crippen LogP) is 0.0256. The van der Waals surface area contributed by atoms with Gasteiger partial charge in [0.25, 0.3) is 0 Å². The molecule has 1 aromatic carbocycles. The maximum atomic E-state index is 12.0. The molecule has 2 aromatic heterocycles. The van der Waals surface area contributed by atoms with Gasteiger partial charge in [0, 0.05) is 6.54 Å². The quantitative estimate of drug-likeness (QED) is 0.123. The zero-order chi connectivity index (χ0) is 29.3. The van der Waals surface area contributed by atoms with Gasteiger partial charge in [-0.3, -0.25) is 9.09 Å². The van der Waals surface area contributed by atoms with Crippen molar-refractivity contribution in [1.29, 1.82) is 0 Å². The Morgan fingerprint density at radius 1 is 1.00 bits per heavy atom. The van der Waals surface area contributed by atoms with Gasteiger partial charge in [0.1, 0.15) is 18.3 Å². The SMILES string of the molecule is Nc1nc(NCCc2ccccc2)c2ncn([C@H]3O[C@@H](COP(=O)(O)OP(=O)(O)OP(=O)(O)O)[C@H](O)[C@@H]3O)c2n1. The third kappa shape index (κ3) is 7.69. The lowest BCUT2D eigenvalue weighted by molar-refractivity contribution is -0.0503. The van der Waals surface area contributed by atoms with Crippen LogP contribution in [0.3, 0.4) is 0 Å². The van der Waals surface area contributed by atoms with Crippen molar-refractivity contribution in [2.24, 2.45) is 0 Å². The van der Waals surface area contributed by atoms with Crippen LogP contribution in [0.25, 0.3) is 11.2 Å². The maximum absolute atomic E-state index is 12.0. The van der Waals surface area contributed by atoms with Crippen molar-refractivity contribution in [3.05, 3.63) is 42.2 Å². The smallest absolute Gasteiger partial charge is 0.387 e. The van der Waals surface area contributed by atoms with Crippen LogP contribution in [0.2, 0.25) is 0 Å². The van der Waals surface area contributed by atoms with Crippen LogP contribution in [0.1, 0.15) is 11.8 Å². The van der Waals surface area contributed by atoms with E-state index in [2.05, 4.69) is 33.4 Å². The van der Waals surface area contributed by atoms with E-state index < -0.39 is 54.6 Å². The zero-order valence-corrected chi connectivity index (χ0v) is 22.8. The summed E-state index contributed by atoms with van der Waals surface area (Å²) in [6.07, 6.45) is -4.28. The number of nitrogen functional groups attached to an aromatic ring is 1. The molecule has 3 aromatic rings. The normalized spacial score (nSPS) is 24.6. The number of nitrogens with zero attached hydrogens (tertiary/aromatic N) is 4. The highest BCUT2D eigenvalue weighted by Crippen LogP contribution is 2.66. The Morgan fingerprint density at radius 2 is 1.70 bits per heavy atom. The number of nitrogens with one attached hydrogen (secondary N) is 1.